The normalized spacial score (nSPS) is 13.4. The number of rotatable bonds is 11. The Morgan fingerprint density at radius 2 is 0.929 bits per heavy atom. The monoisotopic (exact) mass is 1250 g/mol. The van der Waals surface area contributed by atoms with Gasteiger partial charge in [-0.2, -0.15) is 23.4 Å². The number of hydrogen-bond acceptors (Lipinski definition) is 19. The van der Waals surface area contributed by atoms with E-state index in [4.69, 9.17) is 52.5 Å². The van der Waals surface area contributed by atoms with Gasteiger partial charge in [-0.1, -0.05) is 104 Å². The first kappa shape index (κ1) is 69.1. The molecule has 8 bridgehead atoms. The second-order valence-electron chi connectivity index (χ2n) is 18.6. The number of hydrogen-bond donors (Lipinski definition) is 5. The van der Waals surface area contributed by atoms with Gasteiger partial charge in [-0.05, 0) is 134 Å². The molecule has 0 amide bonds. The molecule has 453 valence electrons. The van der Waals surface area contributed by atoms with E-state index < -0.39 is 30.8 Å². The van der Waals surface area contributed by atoms with E-state index in [1.165, 1.54) is 51.6 Å². The first-order valence-electron chi connectivity index (χ1n) is 25.9. The van der Waals surface area contributed by atoms with Crippen LogP contribution in [0.3, 0.4) is 0 Å². The summed E-state index contributed by atoms with van der Waals surface area (Å²) in [6.45, 7) is 4.78. The van der Waals surface area contributed by atoms with Crippen molar-refractivity contribution in [2.24, 2.45) is 0 Å². The Bertz CT molecular complexity index is 3840. The fourth-order valence-corrected chi connectivity index (χ4v) is 10.8. The molecular formula is C57H73CuN15O8S3. The number of sulfonamides is 1. The zero-order chi connectivity index (χ0) is 55.7. The van der Waals surface area contributed by atoms with Gasteiger partial charge in [0.1, 0.15) is 0 Å². The van der Waals surface area contributed by atoms with E-state index in [1.54, 1.807) is 6.07 Å². The topological polar surface area (TPSA) is 332 Å². The molecule has 0 saturated heterocycles. The predicted octanol–water partition coefficient (Wildman–Crippen LogP) is 9.73. The summed E-state index contributed by atoms with van der Waals surface area (Å²) in [7, 11) is -10.8. The largest absolute Gasteiger partial charge is 2.00 e. The van der Waals surface area contributed by atoms with Gasteiger partial charge in [0.15, 0.2) is 0 Å². The van der Waals surface area contributed by atoms with E-state index in [2.05, 4.69) is 47.8 Å². The molecule has 5 aliphatic rings. The maximum Gasteiger partial charge on any atom is 2.00 e. The van der Waals surface area contributed by atoms with Crippen LogP contribution in [0.4, 0.5) is 23.5 Å². The van der Waals surface area contributed by atoms with Gasteiger partial charge in [0, 0.05) is 59.0 Å². The van der Waals surface area contributed by atoms with Crippen molar-refractivity contribution < 1.29 is 51.1 Å². The molecule has 0 saturated carbocycles. The van der Waals surface area contributed by atoms with Gasteiger partial charge < -0.3 is 45.9 Å². The molecule has 3 aliphatic carbocycles. The van der Waals surface area contributed by atoms with Crippen molar-refractivity contribution in [1.82, 2.24) is 59.5 Å². The molecule has 7 aromatic rings. The number of aryl methyl sites for hydroxylation is 4. The number of nitrogens with one attached hydrogen (secondary N) is 4. The molecule has 0 spiro atoms. The van der Waals surface area contributed by atoms with Crippen molar-refractivity contribution in [3.63, 3.8) is 0 Å². The molecule has 23 nitrogen and oxygen atoms in total. The summed E-state index contributed by atoms with van der Waals surface area (Å²) in [6.07, 6.45) is 13.8. The Hall–Kier alpha value is -7.39. The van der Waals surface area contributed by atoms with Crippen LogP contribution in [0.2, 0.25) is 0 Å². The summed E-state index contributed by atoms with van der Waals surface area (Å²) in [5.41, 5.74) is 13.6. The Kier molecular flexibility index (Phi) is 25.5. The standard InChI is InChI=1S/C32H28N8.C19H23N7O5S2.C2H6.4CH4.Cu.O3S/c1-2-10-18-17(9-1)25-33-26(18)38-28-21-13-5-6-14-22(21)30(35-28)40-32-24-16-8-7-15-23(24)31(36-32)39-29-20-12-4-3-11-19(20)27(34-29)37-25;1-32(27,28)22-11-10-20-17-24-18(21-13-14-6-3-2-4-7-14)26-19(25-17)23-15-8-5-9-16(12-15)33(29,30)31;1-2;;;;;;1-4(2)3/h1-2,9-10H,3-8,11-16H2;2-9,12,22H,10-11,13H2,1H3,(H,29,30,31)(H3,20,21,23,24,25,26);1-2H3;4*1H4;;/q-2;;;;;;;+2;. The third kappa shape index (κ3) is 17.1. The first-order chi connectivity index (χ1) is 38.1. The Balaban J connectivity index is 0.000000318. The molecule has 27 heteroatoms. The van der Waals surface area contributed by atoms with Crippen LogP contribution in [-0.2, 0) is 80.0 Å². The summed E-state index contributed by atoms with van der Waals surface area (Å²) in [5, 5.41) is 8.88. The van der Waals surface area contributed by atoms with Crippen molar-refractivity contribution in [2.45, 2.75) is 132 Å². The predicted molar refractivity (Wildman–Crippen MR) is 326 cm³/mol. The number of benzene rings is 3. The first-order valence-corrected chi connectivity index (χ1v) is 30.3. The van der Waals surface area contributed by atoms with Crippen LogP contribution < -0.4 is 30.6 Å². The average Bonchev–Trinajstić information content (AvgIpc) is 2.18. The minimum atomic E-state index is -4.37. The van der Waals surface area contributed by atoms with E-state index >= 15 is 0 Å². The molecule has 84 heavy (non-hydrogen) atoms. The summed E-state index contributed by atoms with van der Waals surface area (Å²) in [6, 6.07) is 23.3. The van der Waals surface area contributed by atoms with Crippen LogP contribution >= 0.6 is 0 Å². The Morgan fingerprint density at radius 1 is 0.512 bits per heavy atom. The van der Waals surface area contributed by atoms with Crippen molar-refractivity contribution in [2.75, 3.05) is 35.3 Å². The number of nitrogens with zero attached hydrogens (tertiary/aromatic N) is 11. The van der Waals surface area contributed by atoms with E-state index in [-0.39, 0.29) is 82.6 Å². The third-order valence-electron chi connectivity index (χ3n) is 13.2. The van der Waals surface area contributed by atoms with E-state index in [0.717, 1.165) is 134 Å². The quantitative estimate of drug-likeness (QED) is 0.0457. The molecule has 0 fully saturated rings. The van der Waals surface area contributed by atoms with Gasteiger partial charge in [0.25, 0.3) is 10.1 Å². The zero-order valence-corrected chi connectivity index (χ0v) is 47.3. The fraction of sp³-hybridized carbons (Fsp3) is 0.386. The fourth-order valence-electron chi connectivity index (χ4n) is 9.76. The molecule has 0 unspecified atom stereocenters. The van der Waals surface area contributed by atoms with Gasteiger partial charge in [0.05, 0.1) is 34.4 Å². The van der Waals surface area contributed by atoms with Crippen LogP contribution in [0.5, 0.6) is 0 Å². The molecule has 4 aromatic heterocycles. The minimum Gasteiger partial charge on any atom is -0.358 e. The second kappa shape index (κ2) is 31.0. The van der Waals surface area contributed by atoms with E-state index in [1.807, 2.05) is 56.3 Å². The molecule has 6 heterocycles. The maximum absolute atomic E-state index is 11.4. The molecule has 3 aromatic carbocycles. The van der Waals surface area contributed by atoms with Crippen LogP contribution in [0.15, 0.2) is 83.8 Å². The van der Waals surface area contributed by atoms with Crippen molar-refractivity contribution >= 4 is 88.0 Å². The van der Waals surface area contributed by atoms with Crippen LogP contribution in [0, 0.1) is 0 Å². The Morgan fingerprint density at radius 3 is 1.39 bits per heavy atom. The Labute approximate surface area is 504 Å². The molecule has 1 radical (unpaired) electrons. The zero-order valence-electron chi connectivity index (χ0n) is 43.9. The smallest absolute Gasteiger partial charge is 0.358 e. The van der Waals surface area contributed by atoms with Gasteiger partial charge in [-0.25, -0.2) is 23.1 Å². The molecular weight excluding hydrogens is 1180 g/mol. The van der Waals surface area contributed by atoms with Crippen LogP contribution in [-0.4, -0.2) is 98.2 Å². The number of aromatic nitrogens is 11. The molecule has 5 N–H and O–H groups in total. The minimum absolute atomic E-state index is 0. The summed E-state index contributed by atoms with van der Waals surface area (Å²) in [5.74, 6) is 3.40. The van der Waals surface area contributed by atoms with E-state index in [9.17, 15) is 21.4 Å². The molecule has 0 atom stereocenters. The van der Waals surface area contributed by atoms with Gasteiger partial charge in [-0.3, -0.25) is 4.55 Å². The average molecular weight is 1260 g/mol. The van der Waals surface area contributed by atoms with Crippen molar-refractivity contribution in [1.29, 1.82) is 0 Å². The maximum atomic E-state index is 11.4. The van der Waals surface area contributed by atoms with Crippen molar-refractivity contribution in [3.8, 4) is 22.8 Å². The van der Waals surface area contributed by atoms with Gasteiger partial charge in [-0.15, -0.1) is 12.6 Å². The molecule has 12 rings (SSSR count). The van der Waals surface area contributed by atoms with Gasteiger partial charge >= 0.3 is 27.7 Å². The molecule has 2 aliphatic heterocycles. The summed E-state index contributed by atoms with van der Waals surface area (Å²) < 4.78 is 82.2. The SMILES string of the molecule is C.C.C.C.CC.CS(=O)(=O)NCCNc1nc(NCc2ccccc2)nc(Nc2cccc(S(=O)(=O)O)c2)n1.O=S(=O)=O.[Cu+2].c1ccc2c(c1)-c1nc-2nc2[n-]c(nc3nc(nc4[n-]c(n1)c1c4CCCC1)C1=C3CCCC1)c1c2CCCC1. The third-order valence-corrected chi connectivity index (χ3v) is 14.8. The second-order valence-corrected chi connectivity index (χ2v) is 22.3. The number of anilines is 4. The summed E-state index contributed by atoms with van der Waals surface area (Å²) in [4.78, 5) is 53.1. The number of allylic oxidation sites excluding steroid dienone is 2. The van der Waals surface area contributed by atoms with Gasteiger partial charge in [0.2, 0.25) is 27.9 Å². The van der Waals surface area contributed by atoms with Crippen molar-refractivity contribution in [3.05, 3.63) is 118 Å². The van der Waals surface area contributed by atoms with Crippen LogP contribution in [0.1, 0.15) is 134 Å². The van der Waals surface area contributed by atoms with E-state index in [0.29, 0.717) is 23.9 Å². The number of fused-ring (bicyclic) bond motifs is 19. The summed E-state index contributed by atoms with van der Waals surface area (Å²) >= 11 is 0. The van der Waals surface area contributed by atoms with Crippen LogP contribution in [0.25, 0.3) is 56.5 Å².